The maximum atomic E-state index is 11.8. The van der Waals surface area contributed by atoms with Gasteiger partial charge in [0.05, 0.1) is 17.7 Å². The van der Waals surface area contributed by atoms with Gasteiger partial charge in [0.15, 0.2) is 0 Å². The first-order valence-electron chi connectivity index (χ1n) is 6.06. The van der Waals surface area contributed by atoms with Crippen molar-refractivity contribution in [3.63, 3.8) is 0 Å². The molecule has 0 bridgehead atoms. The van der Waals surface area contributed by atoms with Crippen LogP contribution in [0.5, 0.6) is 5.75 Å². The highest BCUT2D eigenvalue weighted by atomic mass is 35.5. The number of nitrogens with one attached hydrogen (secondary N) is 1. The molecule has 1 aromatic carbocycles. The fraction of sp³-hybridized carbons (Fsp3) is 0.462. The highest BCUT2D eigenvalue weighted by molar-refractivity contribution is 6.32. The fourth-order valence-corrected chi connectivity index (χ4v) is 1.70. The van der Waals surface area contributed by atoms with Crippen LogP contribution in [0.25, 0.3) is 0 Å². The lowest BCUT2D eigenvalue weighted by Gasteiger charge is -2.13. The van der Waals surface area contributed by atoms with Crippen molar-refractivity contribution in [3.05, 3.63) is 23.2 Å². The van der Waals surface area contributed by atoms with Crippen LogP contribution < -0.4 is 15.8 Å². The molecular formula is C13H19ClN2O3. The van der Waals surface area contributed by atoms with Gasteiger partial charge in [0, 0.05) is 19.4 Å². The SMILES string of the molecule is CCOc1ccc(NC(=O)C(N)CCOC)cc1Cl. The highest BCUT2D eigenvalue weighted by Crippen LogP contribution is 2.27. The van der Waals surface area contributed by atoms with Crippen LogP contribution in [0.15, 0.2) is 18.2 Å². The van der Waals surface area contributed by atoms with E-state index in [1.807, 2.05) is 6.92 Å². The van der Waals surface area contributed by atoms with Crippen LogP contribution in [-0.4, -0.2) is 32.3 Å². The van der Waals surface area contributed by atoms with Crippen molar-refractivity contribution in [1.29, 1.82) is 0 Å². The maximum absolute atomic E-state index is 11.8. The lowest BCUT2D eigenvalue weighted by molar-refractivity contribution is -0.117. The monoisotopic (exact) mass is 286 g/mol. The number of methoxy groups -OCH3 is 1. The van der Waals surface area contributed by atoms with Crippen LogP contribution in [0.2, 0.25) is 5.02 Å². The minimum absolute atomic E-state index is 0.266. The fourth-order valence-electron chi connectivity index (χ4n) is 1.46. The number of benzene rings is 1. The molecule has 0 heterocycles. The zero-order valence-electron chi connectivity index (χ0n) is 11.1. The molecule has 0 radical (unpaired) electrons. The molecule has 0 fully saturated rings. The molecule has 0 spiro atoms. The summed E-state index contributed by atoms with van der Waals surface area (Å²) >= 11 is 6.03. The molecule has 0 aliphatic heterocycles. The van der Waals surface area contributed by atoms with E-state index in [1.54, 1.807) is 25.3 Å². The van der Waals surface area contributed by atoms with Crippen LogP contribution in [-0.2, 0) is 9.53 Å². The molecule has 1 aromatic rings. The summed E-state index contributed by atoms with van der Waals surface area (Å²) in [6.45, 7) is 2.85. The van der Waals surface area contributed by atoms with Gasteiger partial charge in [-0.05, 0) is 31.5 Å². The molecule has 1 atom stereocenters. The lowest BCUT2D eigenvalue weighted by Crippen LogP contribution is -2.36. The number of ether oxygens (including phenoxy) is 2. The van der Waals surface area contributed by atoms with Gasteiger partial charge in [0.25, 0.3) is 0 Å². The number of anilines is 1. The Morgan fingerprint density at radius 1 is 1.53 bits per heavy atom. The van der Waals surface area contributed by atoms with Crippen LogP contribution in [0.3, 0.4) is 0 Å². The Morgan fingerprint density at radius 2 is 2.26 bits per heavy atom. The molecule has 0 saturated carbocycles. The summed E-state index contributed by atoms with van der Waals surface area (Å²) in [4.78, 5) is 11.8. The maximum Gasteiger partial charge on any atom is 0.241 e. The van der Waals surface area contributed by atoms with E-state index in [1.165, 1.54) is 0 Å². The Hall–Kier alpha value is -1.30. The first-order valence-corrected chi connectivity index (χ1v) is 6.44. The minimum Gasteiger partial charge on any atom is -0.492 e. The molecule has 1 rings (SSSR count). The Balaban J connectivity index is 2.62. The van der Waals surface area contributed by atoms with E-state index in [0.717, 1.165) is 0 Å². The summed E-state index contributed by atoms with van der Waals surface area (Å²) in [5.41, 5.74) is 6.31. The quantitative estimate of drug-likeness (QED) is 0.804. The first-order chi connectivity index (χ1) is 9.08. The predicted octanol–water partition coefficient (Wildman–Crippen LogP) is 2.04. The molecular weight excluding hydrogens is 268 g/mol. The van der Waals surface area contributed by atoms with Crippen molar-refractivity contribution in [1.82, 2.24) is 0 Å². The number of nitrogens with two attached hydrogens (primary N) is 1. The van der Waals surface area contributed by atoms with E-state index in [9.17, 15) is 4.79 Å². The molecule has 5 nitrogen and oxygen atoms in total. The third kappa shape index (κ3) is 5.06. The van der Waals surface area contributed by atoms with Crippen molar-refractivity contribution >= 4 is 23.2 Å². The van der Waals surface area contributed by atoms with Crippen LogP contribution in [0.1, 0.15) is 13.3 Å². The summed E-state index contributed by atoms with van der Waals surface area (Å²) in [5, 5.41) is 3.15. The number of amides is 1. The van der Waals surface area contributed by atoms with Gasteiger partial charge in [0.1, 0.15) is 5.75 Å². The molecule has 3 N–H and O–H groups in total. The van der Waals surface area contributed by atoms with E-state index in [-0.39, 0.29) is 5.91 Å². The summed E-state index contributed by atoms with van der Waals surface area (Å²) in [7, 11) is 1.57. The second-order valence-electron chi connectivity index (χ2n) is 3.96. The Kier molecular flexibility index (Phi) is 6.62. The van der Waals surface area contributed by atoms with Crippen LogP contribution in [0.4, 0.5) is 5.69 Å². The average molecular weight is 287 g/mol. The normalized spacial score (nSPS) is 12.0. The standard InChI is InChI=1S/C13H19ClN2O3/c1-3-19-12-5-4-9(8-10(12)14)16-13(17)11(15)6-7-18-2/h4-5,8,11H,3,6-7,15H2,1-2H3,(H,16,17). The Labute approximate surface area is 118 Å². The van der Waals surface area contributed by atoms with Gasteiger partial charge in [-0.2, -0.15) is 0 Å². The van der Waals surface area contributed by atoms with Gasteiger partial charge in [-0.15, -0.1) is 0 Å². The third-order valence-corrected chi connectivity index (χ3v) is 2.76. The number of halogens is 1. The van der Waals surface area contributed by atoms with E-state index < -0.39 is 6.04 Å². The molecule has 0 saturated heterocycles. The van der Waals surface area contributed by atoms with Gasteiger partial charge >= 0.3 is 0 Å². The number of carbonyl (C=O) groups excluding carboxylic acids is 1. The molecule has 106 valence electrons. The Bertz CT molecular complexity index is 426. The van der Waals surface area contributed by atoms with Crippen LogP contribution >= 0.6 is 11.6 Å². The number of hydrogen-bond donors (Lipinski definition) is 2. The average Bonchev–Trinajstić information content (AvgIpc) is 2.39. The lowest BCUT2D eigenvalue weighted by atomic mass is 10.2. The van der Waals surface area contributed by atoms with E-state index in [2.05, 4.69) is 5.32 Å². The molecule has 0 aromatic heterocycles. The number of carbonyl (C=O) groups is 1. The van der Waals surface area contributed by atoms with Crippen molar-refractivity contribution in [2.45, 2.75) is 19.4 Å². The minimum atomic E-state index is -0.606. The molecule has 1 amide bonds. The summed E-state index contributed by atoms with van der Waals surface area (Å²) in [6.07, 6.45) is 0.465. The van der Waals surface area contributed by atoms with E-state index in [4.69, 9.17) is 26.8 Å². The van der Waals surface area contributed by atoms with Crippen molar-refractivity contribution in [2.75, 3.05) is 25.6 Å². The molecule has 6 heteroatoms. The van der Waals surface area contributed by atoms with E-state index in [0.29, 0.717) is 36.1 Å². The third-order valence-electron chi connectivity index (χ3n) is 2.47. The second kappa shape index (κ2) is 7.99. The van der Waals surface area contributed by atoms with Gasteiger partial charge in [-0.1, -0.05) is 11.6 Å². The van der Waals surface area contributed by atoms with Crippen molar-refractivity contribution < 1.29 is 14.3 Å². The van der Waals surface area contributed by atoms with Crippen molar-refractivity contribution in [2.24, 2.45) is 5.73 Å². The Morgan fingerprint density at radius 3 is 2.84 bits per heavy atom. The topological polar surface area (TPSA) is 73.6 Å². The first kappa shape index (κ1) is 15.8. The smallest absolute Gasteiger partial charge is 0.241 e. The van der Waals surface area contributed by atoms with Gasteiger partial charge in [0.2, 0.25) is 5.91 Å². The van der Waals surface area contributed by atoms with Gasteiger partial charge in [-0.3, -0.25) is 4.79 Å². The zero-order chi connectivity index (χ0) is 14.3. The zero-order valence-corrected chi connectivity index (χ0v) is 11.9. The summed E-state index contributed by atoms with van der Waals surface area (Å²) in [5.74, 6) is 0.322. The predicted molar refractivity (Wildman–Crippen MR) is 75.7 cm³/mol. The number of rotatable bonds is 7. The highest BCUT2D eigenvalue weighted by Gasteiger charge is 2.13. The van der Waals surface area contributed by atoms with Gasteiger partial charge in [-0.25, -0.2) is 0 Å². The second-order valence-corrected chi connectivity index (χ2v) is 4.36. The molecule has 1 unspecified atom stereocenters. The molecule has 19 heavy (non-hydrogen) atoms. The molecule has 0 aliphatic rings. The van der Waals surface area contributed by atoms with E-state index >= 15 is 0 Å². The summed E-state index contributed by atoms with van der Waals surface area (Å²) in [6, 6.07) is 4.46. The molecule has 0 aliphatic carbocycles. The van der Waals surface area contributed by atoms with Crippen molar-refractivity contribution in [3.8, 4) is 5.75 Å². The summed E-state index contributed by atoms with van der Waals surface area (Å²) < 4.78 is 10.2. The largest absolute Gasteiger partial charge is 0.492 e. The number of hydrogen-bond acceptors (Lipinski definition) is 4. The van der Waals surface area contributed by atoms with Crippen LogP contribution in [0, 0.1) is 0 Å². The van der Waals surface area contributed by atoms with Gasteiger partial charge < -0.3 is 20.5 Å².